The van der Waals surface area contributed by atoms with Crippen LogP contribution in [0.3, 0.4) is 0 Å². The third-order valence-corrected chi connectivity index (χ3v) is 15.3. The van der Waals surface area contributed by atoms with Crippen molar-refractivity contribution in [3.8, 4) is 5.75 Å². The Hall–Kier alpha value is -6.72. The quantitative estimate of drug-likeness (QED) is 0.0180. The molecule has 0 aliphatic heterocycles. The first-order valence-corrected chi connectivity index (χ1v) is 27.1. The fourth-order valence-corrected chi connectivity index (χ4v) is 10.6. The lowest BCUT2D eigenvalue weighted by Gasteiger charge is -2.14. The molecule has 6 aromatic rings. The number of aromatic hydroxyl groups is 1. The second kappa shape index (κ2) is 20.3. The summed E-state index contributed by atoms with van der Waals surface area (Å²) in [6.45, 7) is 0.706. The van der Waals surface area contributed by atoms with Crippen LogP contribution in [0.15, 0.2) is 146 Å². The number of phenols is 1. The zero-order valence-corrected chi connectivity index (χ0v) is 40.5. The third kappa shape index (κ3) is 12.5. The van der Waals surface area contributed by atoms with Crippen LogP contribution in [-0.4, -0.2) is 80.3 Å². The molecule has 370 valence electrons. The van der Waals surface area contributed by atoms with E-state index >= 15 is 0 Å². The summed E-state index contributed by atoms with van der Waals surface area (Å²) in [6, 6.07) is 18.2. The molecule has 0 radical (unpaired) electrons. The van der Waals surface area contributed by atoms with Crippen molar-refractivity contribution in [2.24, 2.45) is 30.7 Å². The Labute approximate surface area is 403 Å². The second-order valence-electron chi connectivity index (χ2n) is 14.2. The number of azo groups is 3. The van der Waals surface area contributed by atoms with E-state index < -0.39 is 94.7 Å². The molecule has 0 unspecified atom stereocenters. The minimum absolute atomic E-state index is 0.0871. The van der Waals surface area contributed by atoms with Crippen molar-refractivity contribution in [2.45, 2.75) is 31.4 Å². The van der Waals surface area contributed by atoms with Gasteiger partial charge in [0.1, 0.15) is 32.5 Å². The van der Waals surface area contributed by atoms with Gasteiger partial charge in [-0.2, -0.15) is 35.5 Å². The van der Waals surface area contributed by atoms with E-state index in [1.807, 2.05) is 0 Å². The van der Waals surface area contributed by atoms with Crippen LogP contribution in [0, 0.1) is 6.92 Å². The average Bonchev–Trinajstić information content (AvgIpc) is 3.26. The molecular weight excluding hydrogens is 1040 g/mol. The molecule has 0 heterocycles. The number of anilines is 4. The van der Waals surface area contributed by atoms with Crippen LogP contribution < -0.4 is 21.9 Å². The van der Waals surface area contributed by atoms with Crippen LogP contribution in [0.25, 0.3) is 10.8 Å². The van der Waals surface area contributed by atoms with Gasteiger partial charge in [0.15, 0.2) is 15.6 Å². The van der Waals surface area contributed by atoms with Crippen LogP contribution in [0.2, 0.25) is 0 Å². The minimum Gasteiger partial charge on any atom is -0.505 e. The fraction of sp³-hybridized carbons (Fsp3) is 0.105. The van der Waals surface area contributed by atoms with E-state index in [0.29, 0.717) is 46.9 Å². The molecule has 0 amide bonds. The number of nitrogens with one attached hydrogen (secondary N) is 1. The van der Waals surface area contributed by atoms with Crippen LogP contribution in [0.5, 0.6) is 5.75 Å². The summed E-state index contributed by atoms with van der Waals surface area (Å²) < 4.78 is 164. The molecule has 0 aliphatic rings. The molecule has 0 spiro atoms. The molecule has 0 saturated heterocycles. The summed E-state index contributed by atoms with van der Waals surface area (Å²) in [5.41, 5.74) is 18.6. The van der Waals surface area contributed by atoms with Crippen molar-refractivity contribution in [1.82, 2.24) is 0 Å². The molecule has 0 bridgehead atoms. The first-order valence-electron chi connectivity index (χ1n) is 19.0. The predicted molar refractivity (Wildman–Crippen MR) is 255 cm³/mol. The zero-order valence-electron chi connectivity index (χ0n) is 35.6. The fourth-order valence-electron chi connectivity index (χ4n) is 6.04. The number of fused-ring (bicyclic) bond motifs is 1. The average molecular weight is 1080 g/mol. The van der Waals surface area contributed by atoms with E-state index in [4.69, 9.17) is 25.9 Å². The normalized spacial score (nSPS) is 13.0. The van der Waals surface area contributed by atoms with Crippen molar-refractivity contribution in [3.63, 3.8) is 0 Å². The molecule has 0 atom stereocenters. The highest BCUT2D eigenvalue weighted by Gasteiger charge is 2.27. The third-order valence-electron chi connectivity index (χ3n) is 9.40. The summed E-state index contributed by atoms with van der Waals surface area (Å²) in [4.78, 5) is -3.19. The highest BCUT2D eigenvalue weighted by Crippen LogP contribution is 2.49. The molecule has 32 heteroatoms. The van der Waals surface area contributed by atoms with Crippen molar-refractivity contribution in [1.29, 1.82) is 0 Å². The van der Waals surface area contributed by atoms with Crippen molar-refractivity contribution in [2.75, 3.05) is 41.4 Å². The summed E-state index contributed by atoms with van der Waals surface area (Å²) in [7, 11) is -23.1. The summed E-state index contributed by atoms with van der Waals surface area (Å²) in [6.07, 6.45) is 0. The number of hydrogen-bond acceptors (Lipinski definition) is 23. The van der Waals surface area contributed by atoms with E-state index in [1.165, 1.54) is 61.7 Å². The van der Waals surface area contributed by atoms with E-state index in [1.54, 1.807) is 19.1 Å². The Kier molecular flexibility index (Phi) is 15.3. The van der Waals surface area contributed by atoms with Crippen LogP contribution in [0.1, 0.15) is 5.56 Å². The lowest BCUT2D eigenvalue weighted by molar-refractivity contribution is 0.284. The zero-order chi connectivity index (χ0) is 51.6. The Morgan fingerprint density at radius 1 is 0.629 bits per heavy atom. The Balaban J connectivity index is 1.29. The van der Waals surface area contributed by atoms with Gasteiger partial charge in [0.2, 0.25) is 0 Å². The van der Waals surface area contributed by atoms with Gasteiger partial charge in [0.25, 0.3) is 30.3 Å². The second-order valence-corrected chi connectivity index (χ2v) is 22.8. The van der Waals surface area contributed by atoms with Gasteiger partial charge in [-0.25, -0.2) is 21.0 Å². The predicted octanol–water partition coefficient (Wildman–Crippen LogP) is 7.39. The molecule has 70 heavy (non-hydrogen) atoms. The van der Waals surface area contributed by atoms with Crippen molar-refractivity contribution < 1.29 is 69.2 Å². The van der Waals surface area contributed by atoms with E-state index in [-0.39, 0.29) is 43.3 Å². The molecule has 0 aromatic heterocycles. The molecule has 0 saturated carbocycles. The molecule has 0 fully saturated rings. The van der Waals surface area contributed by atoms with Gasteiger partial charge in [0, 0.05) is 23.4 Å². The van der Waals surface area contributed by atoms with Crippen LogP contribution >= 0.6 is 12.0 Å². The van der Waals surface area contributed by atoms with Crippen molar-refractivity contribution in [3.05, 3.63) is 96.6 Å². The number of phenolic OH excluding ortho intramolecular Hbond substituents is 1. The highest BCUT2D eigenvalue weighted by atomic mass is 32.3. The lowest BCUT2D eigenvalue weighted by atomic mass is 10.1. The van der Waals surface area contributed by atoms with E-state index in [0.717, 1.165) is 17.7 Å². The number of nitrogens with zero attached hydrogens (tertiary/aromatic N) is 6. The largest absolute Gasteiger partial charge is 0.505 e. The topological polar surface area (TPSA) is 434 Å². The Bertz CT molecular complexity index is 3730. The number of nitrogens with two attached hydrogens (primary N) is 3. The van der Waals surface area contributed by atoms with Gasteiger partial charge in [-0.05, 0) is 109 Å². The first-order chi connectivity index (χ1) is 32.6. The van der Waals surface area contributed by atoms with Crippen LogP contribution in [0.4, 0.5) is 56.9 Å². The van der Waals surface area contributed by atoms with Crippen LogP contribution in [-0.2, 0) is 58.9 Å². The number of nitrogen functional groups attached to an aromatic ring is 3. The number of sulfonamides is 1. The number of sulfone groups is 1. The lowest BCUT2D eigenvalue weighted by Crippen LogP contribution is -2.16. The molecule has 0 aliphatic carbocycles. The van der Waals surface area contributed by atoms with Crippen molar-refractivity contribution >= 4 is 130 Å². The molecular formula is C38H36N10O16S6. The number of aryl methyl sites for hydroxylation is 1. The molecule has 26 nitrogen and oxygen atoms in total. The SMILES string of the molecule is COSc1cc2cc(S(=O)(=O)O)c(N=Nc3ccc(S(=O)(=O)CCOS(=O)(=O)O)cc3S(=O)(=O)O)c(O)c2c(N)c1N=Nc1ccc(S(=O)(=O)Nc2ccc(N=Nc3cc(C)c(N)cc3N)cc2)cc1. The molecule has 11 N–H and O–H groups in total. The van der Waals surface area contributed by atoms with Gasteiger partial charge < -0.3 is 26.5 Å². The summed E-state index contributed by atoms with van der Waals surface area (Å²) >= 11 is 0.674. The van der Waals surface area contributed by atoms with Gasteiger partial charge in [0.05, 0.1) is 62.3 Å². The maximum atomic E-state index is 13.3. The number of benzene rings is 6. The Morgan fingerprint density at radius 3 is 1.80 bits per heavy atom. The van der Waals surface area contributed by atoms with Gasteiger partial charge in [-0.15, -0.1) is 20.5 Å². The summed E-state index contributed by atoms with van der Waals surface area (Å²) in [5.74, 6) is -2.16. The monoisotopic (exact) mass is 1080 g/mol. The first kappa shape index (κ1) is 52.6. The maximum Gasteiger partial charge on any atom is 0.397 e. The standard InChI is InChI=1S/C38H36N10O16S6/c1-20-15-30(28(40)19-27(20)39)45-42-22-3-5-24(6-4-22)48-67(52,53)25-9-7-23(8-10-25)43-46-36-31(65-63-2)16-21-17-33(69(57,58)59)37(38(49)34(21)35(36)41)47-44-29-12-11-26(18-32(29)68(54,55)56)66(50,51)14-13-64-70(60,61)62/h3-12,15-19,48-49H,13-14,39-41H2,1-2H3,(H,54,55,56)(H,57,58,59)(H,60,61,62). The summed E-state index contributed by atoms with van der Waals surface area (Å²) in [5, 5.41) is 34.8. The number of hydrogen-bond donors (Lipinski definition) is 8. The maximum absolute atomic E-state index is 13.3. The van der Waals surface area contributed by atoms with E-state index in [2.05, 4.69) is 39.6 Å². The van der Waals surface area contributed by atoms with Gasteiger partial charge in [-0.1, -0.05) is 0 Å². The molecule has 6 rings (SSSR count). The molecule has 6 aromatic carbocycles. The smallest absolute Gasteiger partial charge is 0.397 e. The highest BCUT2D eigenvalue weighted by molar-refractivity contribution is 7.95. The van der Waals surface area contributed by atoms with E-state index in [9.17, 15) is 56.3 Å². The van der Waals surface area contributed by atoms with Gasteiger partial charge in [-0.3, -0.25) is 18.4 Å². The van der Waals surface area contributed by atoms with Gasteiger partial charge >= 0.3 is 10.4 Å². The minimum atomic E-state index is -5.35. The Morgan fingerprint density at radius 2 is 1.20 bits per heavy atom. The number of rotatable bonds is 18.